The van der Waals surface area contributed by atoms with Gasteiger partial charge in [-0.15, -0.1) is 0 Å². The van der Waals surface area contributed by atoms with E-state index in [0.717, 1.165) is 52.2 Å². The van der Waals surface area contributed by atoms with Crippen molar-refractivity contribution < 1.29 is 19.1 Å². The summed E-state index contributed by atoms with van der Waals surface area (Å²) in [5.41, 5.74) is 0. The van der Waals surface area contributed by atoms with Crippen molar-refractivity contribution in [1.82, 2.24) is 9.80 Å². The Hall–Kier alpha value is -1.14. The summed E-state index contributed by atoms with van der Waals surface area (Å²) in [4.78, 5) is 29.9. The molecule has 4 saturated heterocycles. The van der Waals surface area contributed by atoms with Crippen molar-refractivity contribution >= 4 is 11.8 Å². The van der Waals surface area contributed by atoms with E-state index in [0.29, 0.717) is 30.8 Å². The highest BCUT2D eigenvalue weighted by molar-refractivity contribution is 5.85. The van der Waals surface area contributed by atoms with Crippen molar-refractivity contribution in [3.05, 3.63) is 0 Å². The van der Waals surface area contributed by atoms with E-state index in [9.17, 15) is 9.59 Å². The number of likely N-dealkylation sites (tertiary alicyclic amines) is 2. The van der Waals surface area contributed by atoms with Crippen LogP contribution in [-0.4, -0.2) is 73.7 Å². The van der Waals surface area contributed by atoms with Gasteiger partial charge in [0.1, 0.15) is 0 Å². The van der Waals surface area contributed by atoms with Gasteiger partial charge in [0, 0.05) is 44.6 Å². The minimum atomic E-state index is -0.0665. The van der Waals surface area contributed by atoms with E-state index in [1.54, 1.807) is 0 Å². The summed E-state index contributed by atoms with van der Waals surface area (Å²) >= 11 is 0. The molecular weight excluding hydrogens is 308 g/mol. The number of fused-ring (bicyclic) bond motifs is 2. The van der Waals surface area contributed by atoms with Crippen LogP contribution in [0.2, 0.25) is 0 Å². The number of carbonyl (C=O) groups is 2. The van der Waals surface area contributed by atoms with Gasteiger partial charge in [-0.1, -0.05) is 0 Å². The van der Waals surface area contributed by atoms with Gasteiger partial charge in [-0.05, 0) is 31.1 Å². The Bertz CT molecular complexity index is 537. The molecule has 6 atom stereocenters. The Balaban J connectivity index is 1.32. The molecule has 0 radical (unpaired) electrons. The average molecular weight is 334 g/mol. The molecule has 6 heteroatoms. The third-order valence-electron chi connectivity index (χ3n) is 6.88. The van der Waals surface area contributed by atoms with Gasteiger partial charge >= 0.3 is 0 Å². The lowest BCUT2D eigenvalue weighted by Crippen LogP contribution is -2.55. The van der Waals surface area contributed by atoms with Crippen molar-refractivity contribution in [3.63, 3.8) is 0 Å². The molecule has 1 unspecified atom stereocenters. The van der Waals surface area contributed by atoms with Crippen molar-refractivity contribution in [2.24, 2.45) is 29.6 Å². The Morgan fingerprint density at radius 3 is 2.38 bits per heavy atom. The first kappa shape index (κ1) is 15.1. The quantitative estimate of drug-likeness (QED) is 0.732. The maximum atomic E-state index is 13.0. The summed E-state index contributed by atoms with van der Waals surface area (Å²) in [5, 5.41) is 0. The fourth-order valence-corrected chi connectivity index (χ4v) is 5.41. The van der Waals surface area contributed by atoms with Gasteiger partial charge in [0.15, 0.2) is 0 Å². The summed E-state index contributed by atoms with van der Waals surface area (Å²) in [6, 6.07) is 0. The summed E-state index contributed by atoms with van der Waals surface area (Å²) in [6.07, 6.45) is 3.22. The highest BCUT2D eigenvalue weighted by atomic mass is 16.5. The third kappa shape index (κ3) is 2.30. The van der Waals surface area contributed by atoms with Crippen LogP contribution < -0.4 is 0 Å². The second kappa shape index (κ2) is 5.70. The van der Waals surface area contributed by atoms with E-state index in [4.69, 9.17) is 9.47 Å². The molecular formula is C18H26N2O4. The monoisotopic (exact) mass is 334 g/mol. The number of ether oxygens (including phenoxy) is 2. The first-order chi connectivity index (χ1) is 11.7. The summed E-state index contributed by atoms with van der Waals surface area (Å²) in [7, 11) is 0. The van der Waals surface area contributed by atoms with E-state index >= 15 is 0 Å². The Kier molecular flexibility index (Phi) is 3.59. The Morgan fingerprint density at radius 2 is 1.62 bits per heavy atom. The molecule has 5 rings (SSSR count). The van der Waals surface area contributed by atoms with E-state index in [1.807, 2.05) is 9.80 Å². The van der Waals surface area contributed by atoms with Crippen LogP contribution in [0.5, 0.6) is 0 Å². The third-order valence-corrected chi connectivity index (χ3v) is 6.88. The molecule has 0 aromatic rings. The first-order valence-corrected chi connectivity index (χ1v) is 9.51. The van der Waals surface area contributed by atoms with Crippen LogP contribution in [0, 0.1) is 29.6 Å². The van der Waals surface area contributed by atoms with Crippen LogP contribution in [0.4, 0.5) is 0 Å². The molecule has 0 bridgehead atoms. The SMILES string of the molecule is O=C(C1[C@H]2COC[C@@H]12)N1C[C@H]2OCC[C@H]2[C@H](C(=O)N2CCCC2)C1. The van der Waals surface area contributed by atoms with Crippen molar-refractivity contribution in [1.29, 1.82) is 0 Å². The standard InChI is InChI=1S/C18H26N2O4/c21-17(19-4-1-2-5-19)12-7-20(8-15-11(12)3-6-24-15)18(22)16-13-9-23-10-14(13)16/h11-16H,1-10H2/t11-,12+,13-,14+,15+,16?/m0/s1. The second-order valence-electron chi connectivity index (χ2n) is 8.13. The first-order valence-electron chi connectivity index (χ1n) is 9.51. The van der Waals surface area contributed by atoms with Crippen LogP contribution in [0.3, 0.4) is 0 Å². The minimum absolute atomic E-state index is 0.0501. The molecule has 0 N–H and O–H groups in total. The minimum Gasteiger partial charge on any atom is -0.381 e. The predicted octanol–water partition coefficient (Wildman–Crippen LogP) is 0.365. The number of hydrogen-bond acceptors (Lipinski definition) is 4. The van der Waals surface area contributed by atoms with Crippen molar-refractivity contribution in [2.45, 2.75) is 25.4 Å². The van der Waals surface area contributed by atoms with E-state index in [2.05, 4.69) is 0 Å². The van der Waals surface area contributed by atoms with Crippen LogP contribution in [0.15, 0.2) is 0 Å². The number of nitrogens with zero attached hydrogens (tertiary/aromatic N) is 2. The summed E-state index contributed by atoms with van der Waals surface area (Å²) < 4.78 is 11.3. The van der Waals surface area contributed by atoms with Crippen LogP contribution >= 0.6 is 0 Å². The molecule has 4 aliphatic heterocycles. The zero-order chi connectivity index (χ0) is 16.3. The van der Waals surface area contributed by atoms with Gasteiger partial charge in [-0.3, -0.25) is 9.59 Å². The van der Waals surface area contributed by atoms with Gasteiger partial charge < -0.3 is 19.3 Å². The Morgan fingerprint density at radius 1 is 0.875 bits per heavy atom. The highest BCUT2D eigenvalue weighted by Crippen LogP contribution is 2.52. The molecule has 5 aliphatic rings. The van der Waals surface area contributed by atoms with Gasteiger partial charge in [-0.25, -0.2) is 0 Å². The fourth-order valence-electron chi connectivity index (χ4n) is 5.41. The molecule has 5 fully saturated rings. The molecule has 4 heterocycles. The molecule has 2 amide bonds. The number of rotatable bonds is 2. The Labute approximate surface area is 142 Å². The molecule has 132 valence electrons. The van der Waals surface area contributed by atoms with E-state index < -0.39 is 0 Å². The summed E-state index contributed by atoms with van der Waals surface area (Å²) in [5.74, 6) is 1.71. The van der Waals surface area contributed by atoms with E-state index in [-0.39, 0.29) is 29.8 Å². The molecule has 1 aliphatic carbocycles. The second-order valence-corrected chi connectivity index (χ2v) is 8.13. The highest BCUT2D eigenvalue weighted by Gasteiger charge is 2.60. The van der Waals surface area contributed by atoms with E-state index in [1.165, 1.54) is 0 Å². The lowest BCUT2D eigenvalue weighted by atomic mass is 9.81. The number of hydrogen-bond donors (Lipinski definition) is 0. The maximum absolute atomic E-state index is 13.0. The molecule has 0 spiro atoms. The molecule has 6 nitrogen and oxygen atoms in total. The van der Waals surface area contributed by atoms with Crippen molar-refractivity contribution in [3.8, 4) is 0 Å². The molecule has 24 heavy (non-hydrogen) atoms. The zero-order valence-electron chi connectivity index (χ0n) is 14.1. The lowest BCUT2D eigenvalue weighted by molar-refractivity contribution is -0.147. The zero-order valence-corrected chi connectivity index (χ0v) is 14.1. The molecule has 0 aromatic carbocycles. The van der Waals surface area contributed by atoms with Gasteiger partial charge in [0.25, 0.3) is 0 Å². The van der Waals surface area contributed by atoms with Crippen LogP contribution in [-0.2, 0) is 19.1 Å². The van der Waals surface area contributed by atoms with Crippen LogP contribution in [0.1, 0.15) is 19.3 Å². The fraction of sp³-hybridized carbons (Fsp3) is 0.889. The van der Waals surface area contributed by atoms with Gasteiger partial charge in [-0.2, -0.15) is 0 Å². The smallest absolute Gasteiger partial charge is 0.227 e. The lowest BCUT2D eigenvalue weighted by Gasteiger charge is -2.40. The normalized spacial score (nSPS) is 43.7. The van der Waals surface area contributed by atoms with Crippen LogP contribution in [0.25, 0.3) is 0 Å². The average Bonchev–Trinajstić information content (AvgIpc) is 3.15. The topological polar surface area (TPSA) is 59.1 Å². The van der Waals surface area contributed by atoms with Crippen molar-refractivity contribution in [2.75, 3.05) is 46.0 Å². The molecule has 1 saturated carbocycles. The van der Waals surface area contributed by atoms with Gasteiger partial charge in [0.05, 0.1) is 25.2 Å². The number of piperidine rings is 1. The number of carbonyl (C=O) groups excluding carboxylic acids is 2. The molecule has 0 aromatic heterocycles. The summed E-state index contributed by atoms with van der Waals surface area (Å²) in [6.45, 7) is 5.21. The largest absolute Gasteiger partial charge is 0.381 e. The van der Waals surface area contributed by atoms with Gasteiger partial charge in [0.2, 0.25) is 11.8 Å². The maximum Gasteiger partial charge on any atom is 0.227 e. The number of amides is 2. The predicted molar refractivity (Wildman–Crippen MR) is 85.0 cm³/mol.